The third-order valence-corrected chi connectivity index (χ3v) is 3.54. The molecule has 0 aliphatic rings. The summed E-state index contributed by atoms with van der Waals surface area (Å²) in [5.74, 6) is -0.490. The van der Waals surface area contributed by atoms with E-state index in [1.807, 2.05) is 37.3 Å². The number of hydrogen-bond donors (Lipinski definition) is 2. The summed E-state index contributed by atoms with van der Waals surface area (Å²) in [5, 5.41) is 2.25. The van der Waals surface area contributed by atoms with Crippen LogP contribution in [0.3, 0.4) is 0 Å². The Labute approximate surface area is 133 Å². The first-order valence-corrected chi connectivity index (χ1v) is 7.59. The van der Waals surface area contributed by atoms with Crippen LogP contribution < -0.4 is 5.43 Å². The number of halogens is 1. The molecule has 1 heterocycles. The third kappa shape index (κ3) is 3.34. The minimum Gasteiger partial charge on any atom is -0.350 e. The minimum absolute atomic E-state index is 0.174. The van der Waals surface area contributed by atoms with E-state index in [1.165, 1.54) is 12.1 Å². The monoisotopic (exact) mass is 311 g/mol. The highest BCUT2D eigenvalue weighted by atomic mass is 19.1. The topological polar surface area (TPSA) is 48.1 Å². The Balaban J connectivity index is 1.87. The summed E-state index contributed by atoms with van der Waals surface area (Å²) in [6.07, 6.45) is 0.820. The molecule has 1 amide bonds. The molecule has 1 aromatic heterocycles. The number of nitrogens with one attached hydrogen (secondary N) is 2. The van der Waals surface area contributed by atoms with Gasteiger partial charge in [0, 0.05) is 17.4 Å². The van der Waals surface area contributed by atoms with Crippen LogP contribution in [-0.4, -0.2) is 22.4 Å². The molecular weight excluding hydrogens is 293 g/mol. The number of amides is 1. The fourth-order valence-corrected chi connectivity index (χ4v) is 2.46. The smallest absolute Gasteiger partial charge is 0.288 e. The van der Waals surface area contributed by atoms with Gasteiger partial charge in [-0.25, -0.2) is 4.39 Å². The standard InChI is InChI=1S/C18H18FN3O/c1-2-10-22(21-15-6-4-3-5-7-15)18(23)17-12-13-11-14(19)8-9-16(13)20-17/h3-9,11-12,20-21H,2,10H2,1H3. The normalized spacial score (nSPS) is 10.7. The molecule has 23 heavy (non-hydrogen) atoms. The van der Waals surface area contributed by atoms with Crippen molar-refractivity contribution in [1.29, 1.82) is 0 Å². The van der Waals surface area contributed by atoms with E-state index in [9.17, 15) is 9.18 Å². The molecule has 0 radical (unpaired) electrons. The van der Waals surface area contributed by atoms with E-state index < -0.39 is 0 Å². The molecule has 0 bridgehead atoms. The maximum Gasteiger partial charge on any atom is 0.288 e. The van der Waals surface area contributed by atoms with Gasteiger partial charge in [-0.2, -0.15) is 0 Å². The average Bonchev–Trinajstić information content (AvgIpc) is 2.98. The number of para-hydroxylation sites is 1. The Morgan fingerprint density at radius 3 is 2.70 bits per heavy atom. The summed E-state index contributed by atoms with van der Waals surface area (Å²) in [6.45, 7) is 2.57. The molecule has 3 rings (SSSR count). The predicted molar refractivity (Wildman–Crippen MR) is 89.6 cm³/mol. The number of fused-ring (bicyclic) bond motifs is 1. The van der Waals surface area contributed by atoms with Gasteiger partial charge in [-0.1, -0.05) is 25.1 Å². The lowest BCUT2D eigenvalue weighted by atomic mass is 10.2. The highest BCUT2D eigenvalue weighted by Crippen LogP contribution is 2.18. The fourth-order valence-electron chi connectivity index (χ4n) is 2.46. The lowest BCUT2D eigenvalue weighted by molar-refractivity contribution is 0.0788. The molecule has 118 valence electrons. The van der Waals surface area contributed by atoms with Crippen molar-refractivity contribution in [2.45, 2.75) is 13.3 Å². The molecule has 2 N–H and O–H groups in total. The zero-order valence-corrected chi connectivity index (χ0v) is 12.8. The quantitative estimate of drug-likeness (QED) is 0.694. The van der Waals surface area contributed by atoms with Gasteiger partial charge < -0.3 is 4.98 Å². The maximum atomic E-state index is 13.3. The largest absolute Gasteiger partial charge is 0.350 e. The van der Waals surface area contributed by atoms with E-state index in [4.69, 9.17) is 0 Å². The molecule has 0 atom stereocenters. The van der Waals surface area contributed by atoms with Crippen molar-refractivity contribution in [3.63, 3.8) is 0 Å². The summed E-state index contributed by atoms with van der Waals surface area (Å²) < 4.78 is 13.3. The number of carbonyl (C=O) groups excluding carboxylic acids is 1. The number of aromatic amines is 1. The Hall–Kier alpha value is -2.82. The number of carbonyl (C=O) groups is 1. The Bertz CT molecular complexity index is 814. The van der Waals surface area contributed by atoms with Crippen LogP contribution in [0.5, 0.6) is 0 Å². The second-order valence-electron chi connectivity index (χ2n) is 5.35. The van der Waals surface area contributed by atoms with Crippen LogP contribution in [0, 0.1) is 5.82 Å². The number of hydrazine groups is 1. The highest BCUT2D eigenvalue weighted by Gasteiger charge is 2.17. The van der Waals surface area contributed by atoms with Crippen LogP contribution in [-0.2, 0) is 0 Å². The first-order chi connectivity index (χ1) is 11.2. The Morgan fingerprint density at radius 2 is 1.96 bits per heavy atom. The summed E-state index contributed by atoms with van der Waals surface area (Å²) >= 11 is 0. The number of benzene rings is 2. The lowest BCUT2D eigenvalue weighted by Crippen LogP contribution is -2.37. The van der Waals surface area contributed by atoms with Gasteiger partial charge in [0.2, 0.25) is 0 Å². The molecule has 0 aliphatic carbocycles. The van der Waals surface area contributed by atoms with Crippen molar-refractivity contribution in [3.8, 4) is 0 Å². The van der Waals surface area contributed by atoms with Crippen LogP contribution in [0.1, 0.15) is 23.8 Å². The van der Waals surface area contributed by atoms with Gasteiger partial charge in [0.15, 0.2) is 0 Å². The maximum absolute atomic E-state index is 13.3. The highest BCUT2D eigenvalue weighted by molar-refractivity contribution is 5.98. The van der Waals surface area contributed by atoms with Crippen molar-refractivity contribution in [3.05, 3.63) is 66.1 Å². The van der Waals surface area contributed by atoms with Gasteiger partial charge >= 0.3 is 0 Å². The Morgan fingerprint density at radius 1 is 1.17 bits per heavy atom. The van der Waals surface area contributed by atoms with Gasteiger partial charge in [-0.3, -0.25) is 15.2 Å². The van der Waals surface area contributed by atoms with Crippen molar-refractivity contribution < 1.29 is 9.18 Å². The van der Waals surface area contributed by atoms with Gasteiger partial charge in [0.1, 0.15) is 11.5 Å². The third-order valence-electron chi connectivity index (χ3n) is 3.54. The molecule has 3 aromatic rings. The van der Waals surface area contributed by atoms with Crippen molar-refractivity contribution >= 4 is 22.5 Å². The second kappa shape index (κ2) is 6.52. The number of nitrogens with zero attached hydrogens (tertiary/aromatic N) is 1. The minimum atomic E-state index is -0.316. The molecule has 0 spiro atoms. The number of rotatable bonds is 5. The summed E-state index contributed by atoms with van der Waals surface area (Å²) in [5.41, 5.74) is 5.14. The van der Waals surface area contributed by atoms with E-state index >= 15 is 0 Å². The molecule has 0 fully saturated rings. The van der Waals surface area contributed by atoms with Crippen molar-refractivity contribution in [2.75, 3.05) is 12.0 Å². The van der Waals surface area contributed by atoms with Crippen LogP contribution in [0.4, 0.5) is 10.1 Å². The first kappa shape index (κ1) is 15.1. The number of hydrogen-bond acceptors (Lipinski definition) is 2. The second-order valence-corrected chi connectivity index (χ2v) is 5.35. The van der Waals surface area contributed by atoms with E-state index in [-0.39, 0.29) is 11.7 Å². The van der Waals surface area contributed by atoms with E-state index in [2.05, 4.69) is 10.4 Å². The molecule has 2 aromatic carbocycles. The SMILES string of the molecule is CCCN(Nc1ccccc1)C(=O)c1cc2cc(F)ccc2[nH]1. The molecule has 0 aliphatic heterocycles. The van der Waals surface area contributed by atoms with Gasteiger partial charge in [-0.15, -0.1) is 0 Å². The van der Waals surface area contributed by atoms with E-state index in [1.54, 1.807) is 17.1 Å². The lowest BCUT2D eigenvalue weighted by Gasteiger charge is -2.23. The van der Waals surface area contributed by atoms with E-state index in [0.29, 0.717) is 17.6 Å². The molecule has 0 saturated heterocycles. The van der Waals surface area contributed by atoms with Crippen molar-refractivity contribution in [2.24, 2.45) is 0 Å². The van der Waals surface area contributed by atoms with Crippen LogP contribution in [0.2, 0.25) is 0 Å². The van der Waals surface area contributed by atoms with Crippen LogP contribution >= 0.6 is 0 Å². The summed E-state index contributed by atoms with van der Waals surface area (Å²) in [7, 11) is 0. The Kier molecular flexibility index (Phi) is 4.28. The summed E-state index contributed by atoms with van der Waals surface area (Å²) in [4.78, 5) is 15.8. The zero-order valence-electron chi connectivity index (χ0n) is 12.8. The molecular formula is C18H18FN3O. The number of aromatic nitrogens is 1. The molecule has 4 nitrogen and oxygen atoms in total. The van der Waals surface area contributed by atoms with E-state index in [0.717, 1.165) is 17.6 Å². The fraction of sp³-hybridized carbons (Fsp3) is 0.167. The van der Waals surface area contributed by atoms with Crippen LogP contribution in [0.25, 0.3) is 10.9 Å². The number of H-pyrrole nitrogens is 1. The number of anilines is 1. The average molecular weight is 311 g/mol. The van der Waals surface area contributed by atoms with Crippen molar-refractivity contribution in [1.82, 2.24) is 9.99 Å². The zero-order chi connectivity index (χ0) is 16.2. The first-order valence-electron chi connectivity index (χ1n) is 7.59. The predicted octanol–water partition coefficient (Wildman–Crippen LogP) is 4.19. The summed E-state index contributed by atoms with van der Waals surface area (Å²) in [6, 6.07) is 15.6. The van der Waals surface area contributed by atoms with Gasteiger partial charge in [-0.05, 0) is 42.8 Å². The molecule has 5 heteroatoms. The molecule has 0 saturated carbocycles. The van der Waals surface area contributed by atoms with Gasteiger partial charge in [0.25, 0.3) is 5.91 Å². The van der Waals surface area contributed by atoms with Gasteiger partial charge in [0.05, 0.1) is 5.69 Å². The molecule has 0 unspecified atom stereocenters. The van der Waals surface area contributed by atoms with Crippen LogP contribution in [0.15, 0.2) is 54.6 Å².